The Morgan fingerprint density at radius 1 is 1.44 bits per heavy atom. The topological polar surface area (TPSA) is 85.1 Å². The first-order chi connectivity index (χ1) is 8.04. The lowest BCUT2D eigenvalue weighted by molar-refractivity contribution is 0.317. The molecule has 1 atom stereocenters. The molecule has 0 aliphatic carbocycles. The molecule has 18 heavy (non-hydrogen) atoms. The number of rotatable bonds is 3. The first-order valence-corrected chi connectivity index (χ1v) is 7.75. The lowest BCUT2D eigenvalue weighted by Gasteiger charge is -2.27. The molecule has 0 aliphatic heterocycles. The van der Waals surface area contributed by atoms with Gasteiger partial charge in [0.15, 0.2) is 0 Å². The molecule has 1 heterocycles. The third-order valence-corrected chi connectivity index (χ3v) is 4.77. The maximum Gasteiger partial charge on any atom is 0.244 e. The van der Waals surface area contributed by atoms with Crippen LogP contribution in [0.4, 0.5) is 5.82 Å². The number of nitrogens with two attached hydrogens (primary N) is 1. The van der Waals surface area contributed by atoms with Crippen molar-refractivity contribution in [1.29, 1.82) is 0 Å². The van der Waals surface area contributed by atoms with Crippen LogP contribution in [-0.4, -0.2) is 19.4 Å². The minimum Gasteiger partial charge on any atom is -0.383 e. The van der Waals surface area contributed by atoms with Crippen molar-refractivity contribution in [2.45, 2.75) is 38.6 Å². The highest BCUT2D eigenvalue weighted by Crippen LogP contribution is 2.24. The van der Waals surface area contributed by atoms with E-state index in [9.17, 15) is 8.42 Å². The smallest absolute Gasteiger partial charge is 0.244 e. The summed E-state index contributed by atoms with van der Waals surface area (Å²) in [5.41, 5.74) is 5.43. The van der Waals surface area contributed by atoms with E-state index in [1.54, 1.807) is 0 Å². The fraction of sp³-hybridized carbons (Fsp3) is 0.545. The van der Waals surface area contributed by atoms with Gasteiger partial charge in [-0.3, -0.25) is 0 Å². The molecule has 1 aromatic heterocycles. The fourth-order valence-corrected chi connectivity index (χ4v) is 3.16. The van der Waals surface area contributed by atoms with Crippen LogP contribution in [0.3, 0.4) is 0 Å². The highest BCUT2D eigenvalue weighted by molar-refractivity contribution is 9.10. The molecule has 1 aromatic rings. The molecule has 0 saturated heterocycles. The van der Waals surface area contributed by atoms with Crippen molar-refractivity contribution in [3.05, 3.63) is 16.7 Å². The van der Waals surface area contributed by atoms with E-state index in [0.29, 0.717) is 4.47 Å². The molecule has 0 aliphatic rings. The van der Waals surface area contributed by atoms with Crippen LogP contribution in [0.1, 0.15) is 27.7 Å². The minimum atomic E-state index is -3.66. The standard InChI is InChI=1S/C11H18BrN3O2S/c1-7(11(2,3)4)15-18(16,17)9-5-8(12)6-14-10(9)13/h5-7,15H,1-4H3,(H2,13,14). The van der Waals surface area contributed by atoms with E-state index < -0.39 is 10.0 Å². The Kier molecular flexibility index (Phi) is 4.40. The normalized spacial score (nSPS) is 14.5. The second-order valence-electron chi connectivity index (χ2n) is 5.25. The summed E-state index contributed by atoms with van der Waals surface area (Å²) < 4.78 is 27.6. The van der Waals surface area contributed by atoms with Crippen molar-refractivity contribution in [2.75, 3.05) is 5.73 Å². The Morgan fingerprint density at radius 2 is 2.00 bits per heavy atom. The van der Waals surface area contributed by atoms with Gasteiger partial charge in [-0.1, -0.05) is 20.8 Å². The van der Waals surface area contributed by atoms with Gasteiger partial charge in [0.2, 0.25) is 10.0 Å². The Bertz CT molecular complexity index is 538. The number of hydrogen-bond acceptors (Lipinski definition) is 4. The van der Waals surface area contributed by atoms with Crippen LogP contribution in [0.2, 0.25) is 0 Å². The number of nitrogens with one attached hydrogen (secondary N) is 1. The summed E-state index contributed by atoms with van der Waals surface area (Å²) in [6, 6.07) is 1.22. The third kappa shape index (κ3) is 3.66. The summed E-state index contributed by atoms with van der Waals surface area (Å²) in [7, 11) is -3.66. The number of pyridine rings is 1. The molecule has 1 rings (SSSR count). The predicted octanol–water partition coefficient (Wildman–Crippen LogP) is 2.14. The first kappa shape index (κ1) is 15.4. The average molecular weight is 336 g/mol. The van der Waals surface area contributed by atoms with Gasteiger partial charge in [0.1, 0.15) is 10.7 Å². The molecule has 0 aromatic carbocycles. The molecule has 3 N–H and O–H groups in total. The first-order valence-electron chi connectivity index (χ1n) is 5.47. The van der Waals surface area contributed by atoms with Gasteiger partial charge in [-0.25, -0.2) is 18.1 Å². The predicted molar refractivity (Wildman–Crippen MR) is 75.6 cm³/mol. The lowest BCUT2D eigenvalue weighted by Crippen LogP contribution is -2.41. The van der Waals surface area contributed by atoms with E-state index >= 15 is 0 Å². The van der Waals surface area contributed by atoms with Crippen molar-refractivity contribution in [2.24, 2.45) is 5.41 Å². The van der Waals surface area contributed by atoms with Crippen molar-refractivity contribution < 1.29 is 8.42 Å². The largest absolute Gasteiger partial charge is 0.383 e. The molecule has 0 amide bonds. The molecular weight excluding hydrogens is 318 g/mol. The summed E-state index contributed by atoms with van der Waals surface area (Å²) in [5.74, 6) is -0.00758. The van der Waals surface area contributed by atoms with E-state index in [2.05, 4.69) is 25.6 Å². The summed E-state index contributed by atoms with van der Waals surface area (Å²) >= 11 is 3.18. The summed E-state index contributed by atoms with van der Waals surface area (Å²) in [4.78, 5) is 3.82. The summed E-state index contributed by atoms with van der Waals surface area (Å²) in [6.07, 6.45) is 1.46. The van der Waals surface area contributed by atoms with Gasteiger partial charge < -0.3 is 5.73 Å². The van der Waals surface area contributed by atoms with Crippen molar-refractivity contribution in [1.82, 2.24) is 9.71 Å². The van der Waals surface area contributed by atoms with E-state index in [4.69, 9.17) is 5.73 Å². The van der Waals surface area contributed by atoms with Gasteiger partial charge in [0, 0.05) is 16.7 Å². The zero-order chi connectivity index (χ0) is 14.1. The molecule has 0 radical (unpaired) electrons. The Labute approximate surface area is 116 Å². The maximum absolute atomic E-state index is 12.2. The van der Waals surface area contributed by atoms with E-state index in [-0.39, 0.29) is 22.2 Å². The van der Waals surface area contributed by atoms with Crippen LogP contribution in [0.5, 0.6) is 0 Å². The highest BCUT2D eigenvalue weighted by atomic mass is 79.9. The van der Waals surface area contributed by atoms with Gasteiger partial charge in [-0.15, -0.1) is 0 Å². The number of hydrogen-bond donors (Lipinski definition) is 2. The van der Waals surface area contributed by atoms with Crippen molar-refractivity contribution in [3.8, 4) is 0 Å². The van der Waals surface area contributed by atoms with E-state index in [0.717, 1.165) is 0 Å². The van der Waals surface area contributed by atoms with Crippen molar-refractivity contribution >= 4 is 31.8 Å². The number of aromatic nitrogens is 1. The van der Waals surface area contributed by atoms with E-state index in [1.807, 2.05) is 27.7 Å². The van der Waals surface area contributed by atoms with Gasteiger partial charge in [0.25, 0.3) is 0 Å². The zero-order valence-electron chi connectivity index (χ0n) is 10.9. The van der Waals surface area contributed by atoms with Gasteiger partial charge in [-0.2, -0.15) is 0 Å². The minimum absolute atomic E-state index is 0.00650. The van der Waals surface area contributed by atoms with Crippen LogP contribution in [0.15, 0.2) is 21.6 Å². The molecule has 0 fully saturated rings. The Hall–Kier alpha value is -0.660. The maximum atomic E-state index is 12.2. The molecule has 0 saturated carbocycles. The Balaban J connectivity index is 3.11. The molecule has 102 valence electrons. The van der Waals surface area contributed by atoms with Crippen LogP contribution in [0, 0.1) is 5.41 Å². The SMILES string of the molecule is CC(NS(=O)(=O)c1cc(Br)cnc1N)C(C)(C)C. The average Bonchev–Trinajstić information content (AvgIpc) is 2.19. The number of nitrogen functional groups attached to an aromatic ring is 1. The van der Waals surface area contributed by atoms with Gasteiger partial charge in [0.05, 0.1) is 0 Å². The molecule has 5 nitrogen and oxygen atoms in total. The van der Waals surface area contributed by atoms with Crippen molar-refractivity contribution in [3.63, 3.8) is 0 Å². The van der Waals surface area contributed by atoms with E-state index in [1.165, 1.54) is 12.3 Å². The third-order valence-electron chi connectivity index (χ3n) is 2.77. The number of halogens is 1. The zero-order valence-corrected chi connectivity index (χ0v) is 13.3. The number of anilines is 1. The highest BCUT2D eigenvalue weighted by Gasteiger charge is 2.27. The molecule has 7 heteroatoms. The van der Waals surface area contributed by atoms with Crippen LogP contribution in [-0.2, 0) is 10.0 Å². The molecule has 1 unspecified atom stereocenters. The lowest BCUT2D eigenvalue weighted by atomic mass is 9.89. The summed E-state index contributed by atoms with van der Waals surface area (Å²) in [6.45, 7) is 7.70. The second-order valence-corrected chi connectivity index (χ2v) is 7.84. The number of nitrogens with zero attached hydrogens (tertiary/aromatic N) is 1. The Morgan fingerprint density at radius 3 is 2.50 bits per heavy atom. The quantitative estimate of drug-likeness (QED) is 0.886. The second kappa shape index (κ2) is 5.14. The molecule has 0 spiro atoms. The molecule has 0 bridgehead atoms. The van der Waals surface area contributed by atoms with Gasteiger partial charge >= 0.3 is 0 Å². The molecular formula is C11H18BrN3O2S. The monoisotopic (exact) mass is 335 g/mol. The van der Waals surface area contributed by atoms with Crippen LogP contribution >= 0.6 is 15.9 Å². The van der Waals surface area contributed by atoms with Gasteiger partial charge in [-0.05, 0) is 34.3 Å². The van der Waals surface area contributed by atoms with Crippen LogP contribution < -0.4 is 10.5 Å². The number of sulfonamides is 1. The van der Waals surface area contributed by atoms with Crippen LogP contribution in [0.25, 0.3) is 0 Å². The summed E-state index contributed by atoms with van der Waals surface area (Å²) in [5, 5.41) is 0. The fourth-order valence-electron chi connectivity index (χ4n) is 1.12.